The van der Waals surface area contributed by atoms with Crippen molar-refractivity contribution in [3.05, 3.63) is 86.5 Å². The first-order chi connectivity index (χ1) is 19.8. The van der Waals surface area contributed by atoms with E-state index in [2.05, 4.69) is 32.7 Å². The van der Waals surface area contributed by atoms with Crippen LogP contribution in [0.5, 0.6) is 23.0 Å². The minimum Gasteiger partial charge on any atom is -0.493 e. The Hall–Kier alpha value is -3.84. The van der Waals surface area contributed by atoms with Crippen molar-refractivity contribution in [3.63, 3.8) is 0 Å². The van der Waals surface area contributed by atoms with Gasteiger partial charge in [0.1, 0.15) is 36.4 Å². The van der Waals surface area contributed by atoms with Crippen LogP contribution in [0.25, 0.3) is 6.08 Å². The van der Waals surface area contributed by atoms with Gasteiger partial charge in [0.15, 0.2) is 17.3 Å². The Kier molecular flexibility index (Phi) is 8.93. The van der Waals surface area contributed by atoms with Crippen molar-refractivity contribution in [2.24, 2.45) is 10.1 Å². The molecule has 2 aliphatic rings. The molecule has 11 heteroatoms. The van der Waals surface area contributed by atoms with Gasteiger partial charge in [-0.15, -0.1) is 0 Å². The van der Waals surface area contributed by atoms with E-state index in [1.165, 1.54) is 16.8 Å². The average Bonchev–Trinajstić information content (AvgIpc) is 3.38. The number of hydrogen-bond donors (Lipinski definition) is 1. The fourth-order valence-electron chi connectivity index (χ4n) is 4.04. The smallest absolute Gasteiger partial charge is 0.283 e. The van der Waals surface area contributed by atoms with Gasteiger partial charge in [0, 0.05) is 0 Å². The van der Waals surface area contributed by atoms with Gasteiger partial charge < -0.3 is 18.9 Å². The Labute approximate surface area is 255 Å². The topological polar surface area (TPSA) is 106 Å². The first kappa shape index (κ1) is 28.7. The lowest BCUT2D eigenvalue weighted by molar-refractivity contribution is -0.114. The Morgan fingerprint density at radius 3 is 2.56 bits per heavy atom. The third kappa shape index (κ3) is 6.73. The molecule has 0 unspecified atom stereocenters. The zero-order valence-electron chi connectivity index (χ0n) is 22.6. The predicted octanol–water partition coefficient (Wildman–Crippen LogP) is 6.07. The molecule has 3 aromatic carbocycles. The summed E-state index contributed by atoms with van der Waals surface area (Å²) in [5, 5.41) is 15.4. The molecular weight excluding hydrogens is 655 g/mol. The van der Waals surface area contributed by atoms with Crippen LogP contribution in [0, 0.1) is 22.8 Å². The standard InChI is InChI=1S/C30H27IN4O5S/c1-18-9-10-19(2)24(13-18)38-11-12-39-27-23(31)15-20(16-25(27)37-3)14-22-28(32)35-30(33-29(22)36)41-26(34-35)17-40-21-7-5-4-6-8-21/h4-10,13-16,32H,11-12,17H2,1-3H3/b22-14-,32-28?. The molecule has 0 atom stereocenters. The summed E-state index contributed by atoms with van der Waals surface area (Å²) in [5.74, 6) is 2.06. The molecular formula is C30H27IN4O5S. The van der Waals surface area contributed by atoms with E-state index in [1.807, 2.05) is 68.4 Å². The Bertz CT molecular complexity index is 1590. The third-order valence-electron chi connectivity index (χ3n) is 6.10. The first-order valence-electron chi connectivity index (χ1n) is 12.7. The van der Waals surface area contributed by atoms with Gasteiger partial charge in [-0.3, -0.25) is 10.2 Å². The van der Waals surface area contributed by atoms with E-state index in [1.54, 1.807) is 19.3 Å². The van der Waals surface area contributed by atoms with Crippen LogP contribution in [0.15, 0.2) is 76.3 Å². The van der Waals surface area contributed by atoms with Gasteiger partial charge in [-0.1, -0.05) is 30.3 Å². The van der Waals surface area contributed by atoms with E-state index in [0.29, 0.717) is 46.2 Å². The summed E-state index contributed by atoms with van der Waals surface area (Å²) in [7, 11) is 1.56. The number of aryl methyl sites for hydroxylation is 2. The average molecular weight is 683 g/mol. The molecule has 0 saturated carbocycles. The van der Waals surface area contributed by atoms with Gasteiger partial charge in [0.05, 0.1) is 16.3 Å². The second kappa shape index (κ2) is 12.8. The number of methoxy groups -OCH3 is 1. The summed E-state index contributed by atoms with van der Waals surface area (Å²) in [6, 6.07) is 19.1. The molecule has 1 N–H and O–H groups in total. The summed E-state index contributed by atoms with van der Waals surface area (Å²) in [6.07, 6.45) is 1.61. The molecule has 1 amide bonds. The number of fused-ring (bicyclic) bond motifs is 1. The van der Waals surface area contributed by atoms with E-state index in [0.717, 1.165) is 20.4 Å². The maximum Gasteiger partial charge on any atom is 0.283 e. The highest BCUT2D eigenvalue weighted by Gasteiger charge is 2.35. The number of benzene rings is 3. The van der Waals surface area contributed by atoms with Crippen LogP contribution in [0.4, 0.5) is 0 Å². The molecule has 0 saturated heterocycles. The number of halogens is 1. The van der Waals surface area contributed by atoms with Gasteiger partial charge in [0.2, 0.25) is 5.17 Å². The second-order valence-corrected chi connectivity index (χ2v) is 11.3. The van der Waals surface area contributed by atoms with Gasteiger partial charge in [-0.2, -0.15) is 15.1 Å². The van der Waals surface area contributed by atoms with Gasteiger partial charge in [-0.25, -0.2) is 0 Å². The summed E-state index contributed by atoms with van der Waals surface area (Å²) in [4.78, 5) is 17.1. The minimum atomic E-state index is -0.507. The molecule has 41 heavy (non-hydrogen) atoms. The zero-order chi connectivity index (χ0) is 28.9. The summed E-state index contributed by atoms with van der Waals surface area (Å²) in [5.41, 5.74) is 2.98. The molecule has 0 spiro atoms. The number of hydrazone groups is 1. The molecule has 0 aliphatic carbocycles. The summed E-state index contributed by atoms with van der Waals surface area (Å²) < 4.78 is 24.1. The van der Waals surface area contributed by atoms with E-state index in [9.17, 15) is 4.79 Å². The van der Waals surface area contributed by atoms with E-state index in [-0.39, 0.29) is 18.0 Å². The van der Waals surface area contributed by atoms with Gasteiger partial charge in [-0.05, 0) is 101 Å². The fourth-order valence-corrected chi connectivity index (χ4v) is 5.62. The van der Waals surface area contributed by atoms with Crippen molar-refractivity contribution in [1.29, 1.82) is 5.41 Å². The van der Waals surface area contributed by atoms with Crippen LogP contribution in [-0.2, 0) is 4.79 Å². The fraction of sp³-hybridized carbons (Fsp3) is 0.200. The second-order valence-electron chi connectivity index (χ2n) is 9.12. The molecule has 2 aliphatic heterocycles. The Morgan fingerprint density at radius 1 is 1.00 bits per heavy atom. The number of nitrogens with one attached hydrogen (secondary N) is 1. The highest BCUT2D eigenvalue weighted by atomic mass is 127. The molecule has 2 heterocycles. The number of carbonyl (C=O) groups excluding carboxylic acids is 1. The highest BCUT2D eigenvalue weighted by Crippen LogP contribution is 2.36. The predicted molar refractivity (Wildman–Crippen MR) is 170 cm³/mol. The van der Waals surface area contributed by atoms with Crippen molar-refractivity contribution in [2.45, 2.75) is 13.8 Å². The maximum atomic E-state index is 12.9. The number of nitrogens with zero attached hydrogens (tertiary/aromatic N) is 3. The SMILES string of the molecule is COc1cc(/C=C2/C(=N)N3N=C(COc4ccccc4)SC3=NC2=O)cc(I)c1OCCOc1cc(C)ccc1C. The molecule has 9 nitrogen and oxygen atoms in total. The molecule has 0 bridgehead atoms. The molecule has 5 rings (SSSR count). The van der Waals surface area contributed by atoms with Crippen LogP contribution in [0.3, 0.4) is 0 Å². The van der Waals surface area contributed by atoms with E-state index < -0.39 is 5.91 Å². The lowest BCUT2D eigenvalue weighted by Gasteiger charge is -2.20. The largest absolute Gasteiger partial charge is 0.493 e. The molecule has 0 radical (unpaired) electrons. The van der Waals surface area contributed by atoms with Crippen molar-refractivity contribution < 1.29 is 23.7 Å². The number of carbonyl (C=O) groups is 1. The third-order valence-corrected chi connectivity index (χ3v) is 7.78. The summed E-state index contributed by atoms with van der Waals surface area (Å²) >= 11 is 3.38. The van der Waals surface area contributed by atoms with Gasteiger partial charge >= 0.3 is 0 Å². The van der Waals surface area contributed by atoms with Crippen molar-refractivity contribution >= 4 is 62.4 Å². The van der Waals surface area contributed by atoms with Crippen LogP contribution < -0.4 is 18.9 Å². The zero-order valence-corrected chi connectivity index (χ0v) is 25.6. The minimum absolute atomic E-state index is 0.0555. The van der Waals surface area contributed by atoms with Crippen LogP contribution in [0.1, 0.15) is 16.7 Å². The van der Waals surface area contributed by atoms with Gasteiger partial charge in [0.25, 0.3) is 5.91 Å². The normalized spacial score (nSPS) is 15.4. The number of ether oxygens (including phenoxy) is 4. The monoisotopic (exact) mass is 682 g/mol. The van der Waals surface area contributed by atoms with Crippen LogP contribution in [-0.4, -0.2) is 53.9 Å². The van der Waals surface area contributed by atoms with Crippen LogP contribution >= 0.6 is 34.4 Å². The lowest BCUT2D eigenvalue weighted by atomic mass is 10.1. The van der Waals surface area contributed by atoms with Crippen molar-refractivity contribution in [3.8, 4) is 23.0 Å². The lowest BCUT2D eigenvalue weighted by Crippen LogP contribution is -2.35. The molecule has 0 aromatic heterocycles. The Morgan fingerprint density at radius 2 is 1.78 bits per heavy atom. The van der Waals surface area contributed by atoms with E-state index in [4.69, 9.17) is 24.4 Å². The number of aliphatic imine (C=N–C) groups is 1. The number of rotatable bonds is 10. The first-order valence-corrected chi connectivity index (χ1v) is 14.6. The molecule has 0 fully saturated rings. The van der Waals surface area contributed by atoms with Crippen molar-refractivity contribution in [2.75, 3.05) is 26.9 Å². The number of amidine groups is 2. The molecule has 210 valence electrons. The number of hydrogen-bond acceptors (Lipinski definition) is 8. The van der Waals surface area contributed by atoms with E-state index >= 15 is 0 Å². The Balaban J connectivity index is 1.27. The molecule has 3 aromatic rings. The number of thioether (sulfide) groups is 1. The highest BCUT2D eigenvalue weighted by molar-refractivity contribution is 14.1. The number of para-hydroxylation sites is 1. The van der Waals surface area contributed by atoms with Crippen LogP contribution in [0.2, 0.25) is 0 Å². The number of amides is 1. The maximum absolute atomic E-state index is 12.9. The van der Waals surface area contributed by atoms with Crippen molar-refractivity contribution in [1.82, 2.24) is 5.01 Å². The summed E-state index contributed by atoms with van der Waals surface area (Å²) in [6.45, 7) is 4.93. The quantitative estimate of drug-likeness (QED) is 0.157.